The molecule has 0 fully saturated rings. The van der Waals surface area contributed by atoms with Crippen LogP contribution in [-0.4, -0.2) is 34.0 Å². The van der Waals surface area contributed by atoms with E-state index in [9.17, 15) is 8.42 Å². The Kier molecular flexibility index (Phi) is 5.63. The Hall–Kier alpha value is -0.920. The molecule has 0 saturated carbocycles. The van der Waals surface area contributed by atoms with Crippen LogP contribution in [0, 0.1) is 6.92 Å². The predicted octanol–water partition coefficient (Wildman–Crippen LogP) is 3.29. The molecule has 1 heterocycles. The summed E-state index contributed by atoms with van der Waals surface area (Å²) in [5.74, 6) is 0. The average molecular weight is 359 g/mol. The first-order chi connectivity index (χ1) is 10.3. The number of sulfonamides is 1. The minimum Gasteiger partial charge on any atom is -0.301 e. The topological polar surface area (TPSA) is 49.4 Å². The Morgan fingerprint density at radius 3 is 2.64 bits per heavy atom. The summed E-state index contributed by atoms with van der Waals surface area (Å²) in [6.45, 7) is 2.06. The van der Waals surface area contributed by atoms with Crippen LogP contribution >= 0.6 is 22.9 Å². The third-order valence-electron chi connectivity index (χ3n) is 3.46. The Balaban J connectivity index is 2.20. The highest BCUT2D eigenvalue weighted by Gasteiger charge is 2.21. The van der Waals surface area contributed by atoms with E-state index in [1.807, 2.05) is 35.8 Å². The van der Waals surface area contributed by atoms with Crippen molar-refractivity contribution in [2.45, 2.75) is 17.9 Å². The molecule has 0 spiro atoms. The number of rotatable bonds is 6. The maximum Gasteiger partial charge on any atom is 0.240 e. The highest BCUT2D eigenvalue weighted by atomic mass is 35.5. The summed E-state index contributed by atoms with van der Waals surface area (Å²) < 4.78 is 27.7. The van der Waals surface area contributed by atoms with Crippen LogP contribution in [0.2, 0.25) is 5.02 Å². The van der Waals surface area contributed by atoms with E-state index < -0.39 is 10.0 Å². The Morgan fingerprint density at radius 2 is 2.05 bits per heavy atom. The average Bonchev–Trinajstić information content (AvgIpc) is 2.95. The summed E-state index contributed by atoms with van der Waals surface area (Å²) in [6.07, 6.45) is 0. The molecule has 0 aliphatic rings. The molecule has 2 rings (SSSR count). The van der Waals surface area contributed by atoms with Crippen LogP contribution in [0.1, 0.15) is 17.2 Å². The number of hydrogen-bond acceptors (Lipinski definition) is 4. The second-order valence-electron chi connectivity index (χ2n) is 5.30. The van der Waals surface area contributed by atoms with Gasteiger partial charge in [0.15, 0.2) is 0 Å². The van der Waals surface area contributed by atoms with Crippen molar-refractivity contribution >= 4 is 33.0 Å². The standard InChI is InChI=1S/C15H19ClN2O2S2/c1-11-4-5-13(16)8-15(11)22(19,20)17-9-14(18(2)3)12-6-7-21-10-12/h4-8,10,14,17H,9H2,1-3H3/t14-/m0/s1. The van der Waals surface area contributed by atoms with E-state index in [2.05, 4.69) is 4.72 Å². The lowest BCUT2D eigenvalue weighted by Gasteiger charge is -2.24. The number of nitrogens with zero attached hydrogens (tertiary/aromatic N) is 1. The number of hydrogen-bond donors (Lipinski definition) is 1. The minimum atomic E-state index is -3.59. The van der Waals surface area contributed by atoms with Gasteiger partial charge >= 0.3 is 0 Å². The fourth-order valence-electron chi connectivity index (χ4n) is 2.19. The molecule has 1 aromatic carbocycles. The van der Waals surface area contributed by atoms with Crippen molar-refractivity contribution in [1.29, 1.82) is 0 Å². The van der Waals surface area contributed by atoms with E-state index in [0.29, 0.717) is 17.1 Å². The van der Waals surface area contributed by atoms with Crippen LogP contribution in [0.4, 0.5) is 0 Å². The van der Waals surface area contributed by atoms with Gasteiger partial charge in [-0.05, 0) is 61.1 Å². The molecule has 0 saturated heterocycles. The Morgan fingerprint density at radius 1 is 1.32 bits per heavy atom. The number of nitrogens with one attached hydrogen (secondary N) is 1. The van der Waals surface area contributed by atoms with Crippen molar-refractivity contribution in [3.05, 3.63) is 51.2 Å². The summed E-state index contributed by atoms with van der Waals surface area (Å²) in [7, 11) is 0.273. The lowest BCUT2D eigenvalue weighted by molar-refractivity contribution is 0.300. The largest absolute Gasteiger partial charge is 0.301 e. The van der Waals surface area contributed by atoms with E-state index in [4.69, 9.17) is 11.6 Å². The van der Waals surface area contributed by atoms with Crippen molar-refractivity contribution in [3.63, 3.8) is 0 Å². The molecular weight excluding hydrogens is 340 g/mol. The molecule has 0 aliphatic heterocycles. The van der Waals surface area contributed by atoms with Crippen LogP contribution < -0.4 is 4.72 Å². The van der Waals surface area contributed by atoms with Gasteiger partial charge in [-0.2, -0.15) is 11.3 Å². The Bertz CT molecular complexity index is 728. The van der Waals surface area contributed by atoms with E-state index >= 15 is 0 Å². The van der Waals surface area contributed by atoms with Crippen molar-refractivity contribution < 1.29 is 8.42 Å². The molecule has 22 heavy (non-hydrogen) atoms. The maximum atomic E-state index is 12.5. The fraction of sp³-hybridized carbons (Fsp3) is 0.333. The number of thiophene rings is 1. The van der Waals surface area contributed by atoms with Crippen LogP contribution in [0.3, 0.4) is 0 Å². The molecule has 1 N–H and O–H groups in total. The zero-order valence-electron chi connectivity index (χ0n) is 12.7. The first kappa shape index (κ1) is 17.4. The van der Waals surface area contributed by atoms with Gasteiger partial charge in [0.1, 0.15) is 0 Å². The number of aryl methyl sites for hydroxylation is 1. The Labute approximate surface area is 140 Å². The van der Waals surface area contributed by atoms with Crippen molar-refractivity contribution in [2.24, 2.45) is 0 Å². The van der Waals surface area contributed by atoms with Gasteiger partial charge in [-0.25, -0.2) is 13.1 Å². The first-order valence-electron chi connectivity index (χ1n) is 6.75. The van der Waals surface area contributed by atoms with E-state index in [1.54, 1.807) is 30.4 Å². The highest BCUT2D eigenvalue weighted by molar-refractivity contribution is 7.89. The van der Waals surface area contributed by atoms with E-state index in [1.165, 1.54) is 6.07 Å². The molecule has 4 nitrogen and oxygen atoms in total. The molecule has 120 valence electrons. The van der Waals surface area contributed by atoms with Crippen LogP contribution in [0.25, 0.3) is 0 Å². The van der Waals surface area contributed by atoms with Crippen LogP contribution in [-0.2, 0) is 10.0 Å². The van der Waals surface area contributed by atoms with Gasteiger partial charge < -0.3 is 4.90 Å². The smallest absolute Gasteiger partial charge is 0.240 e. The number of benzene rings is 1. The lowest BCUT2D eigenvalue weighted by Crippen LogP contribution is -2.34. The molecule has 0 radical (unpaired) electrons. The first-order valence-corrected chi connectivity index (χ1v) is 9.56. The molecule has 0 amide bonds. The van der Waals surface area contributed by atoms with Gasteiger partial charge in [-0.15, -0.1) is 0 Å². The molecular formula is C15H19ClN2O2S2. The van der Waals surface area contributed by atoms with E-state index in [-0.39, 0.29) is 10.9 Å². The van der Waals surface area contributed by atoms with Crippen LogP contribution in [0.5, 0.6) is 0 Å². The van der Waals surface area contributed by atoms with Gasteiger partial charge in [-0.1, -0.05) is 17.7 Å². The van der Waals surface area contributed by atoms with Gasteiger partial charge in [-0.3, -0.25) is 0 Å². The summed E-state index contributed by atoms with van der Waals surface area (Å²) in [5.41, 5.74) is 1.77. The van der Waals surface area contributed by atoms with Gasteiger partial charge in [0.05, 0.1) is 4.90 Å². The lowest BCUT2D eigenvalue weighted by atomic mass is 10.1. The minimum absolute atomic E-state index is 0.0134. The number of halogens is 1. The monoisotopic (exact) mass is 358 g/mol. The zero-order chi connectivity index (χ0) is 16.3. The number of likely N-dealkylation sites (N-methyl/N-ethyl adjacent to an activating group) is 1. The van der Waals surface area contributed by atoms with Gasteiger partial charge in [0.25, 0.3) is 0 Å². The molecule has 2 aromatic rings. The summed E-state index contributed by atoms with van der Waals surface area (Å²) in [6, 6.07) is 6.87. The molecule has 7 heteroatoms. The maximum absolute atomic E-state index is 12.5. The van der Waals surface area contributed by atoms with E-state index in [0.717, 1.165) is 5.56 Å². The highest BCUT2D eigenvalue weighted by Crippen LogP contribution is 2.23. The SMILES string of the molecule is Cc1ccc(Cl)cc1S(=O)(=O)NC[C@@H](c1ccsc1)N(C)C. The predicted molar refractivity (Wildman–Crippen MR) is 92.1 cm³/mol. The zero-order valence-corrected chi connectivity index (χ0v) is 15.1. The molecule has 0 aliphatic carbocycles. The summed E-state index contributed by atoms with van der Waals surface area (Å²) >= 11 is 7.52. The van der Waals surface area contributed by atoms with Crippen molar-refractivity contribution in [1.82, 2.24) is 9.62 Å². The van der Waals surface area contributed by atoms with Gasteiger partial charge in [0.2, 0.25) is 10.0 Å². The molecule has 0 bridgehead atoms. The molecule has 1 atom stereocenters. The van der Waals surface area contributed by atoms with Crippen molar-refractivity contribution in [2.75, 3.05) is 20.6 Å². The molecule has 1 aromatic heterocycles. The fourth-order valence-corrected chi connectivity index (χ4v) is 4.44. The third-order valence-corrected chi connectivity index (χ3v) is 5.96. The van der Waals surface area contributed by atoms with Crippen LogP contribution in [0.15, 0.2) is 39.9 Å². The van der Waals surface area contributed by atoms with Gasteiger partial charge in [0, 0.05) is 17.6 Å². The second-order valence-corrected chi connectivity index (χ2v) is 8.25. The quantitative estimate of drug-likeness (QED) is 0.862. The summed E-state index contributed by atoms with van der Waals surface area (Å²) in [5, 5.41) is 4.43. The molecule has 0 unspecified atom stereocenters. The second kappa shape index (κ2) is 7.10. The summed E-state index contributed by atoms with van der Waals surface area (Å²) in [4.78, 5) is 2.22. The van der Waals surface area contributed by atoms with Crippen molar-refractivity contribution in [3.8, 4) is 0 Å². The normalized spacial score (nSPS) is 13.5. The third kappa shape index (κ3) is 4.08.